The molecule has 0 spiro atoms. The molecule has 1 unspecified atom stereocenters. The minimum absolute atomic E-state index is 0. The van der Waals surface area contributed by atoms with Crippen molar-refractivity contribution in [3.05, 3.63) is 39.8 Å². The van der Waals surface area contributed by atoms with Crippen molar-refractivity contribution in [2.45, 2.75) is 40.7 Å². The lowest BCUT2D eigenvalue weighted by Crippen LogP contribution is -2.38. The summed E-state index contributed by atoms with van der Waals surface area (Å²) in [7, 11) is 0. The predicted molar refractivity (Wildman–Crippen MR) is 118 cm³/mol. The van der Waals surface area contributed by atoms with Gasteiger partial charge in [0.1, 0.15) is 0 Å². The molecule has 0 bridgehead atoms. The molecule has 0 saturated heterocycles. The summed E-state index contributed by atoms with van der Waals surface area (Å²) in [5, 5.41) is 13.4. The number of hydrogen-bond acceptors (Lipinski definition) is 3. The lowest BCUT2D eigenvalue weighted by atomic mass is 10.2. The SMILES string of the molecule is CCNC(=NCC(C)Cn1nc(C)cc1C)NCCc1cccs1.I. The highest BCUT2D eigenvalue weighted by molar-refractivity contribution is 14.0. The number of guanidine groups is 1. The molecule has 5 nitrogen and oxygen atoms in total. The minimum Gasteiger partial charge on any atom is -0.357 e. The van der Waals surface area contributed by atoms with Crippen LogP contribution in [0.3, 0.4) is 0 Å². The molecule has 2 aromatic heterocycles. The smallest absolute Gasteiger partial charge is 0.191 e. The van der Waals surface area contributed by atoms with Crippen molar-refractivity contribution in [3.63, 3.8) is 0 Å². The molecule has 0 aliphatic heterocycles. The molecule has 0 aliphatic carbocycles. The number of hydrogen-bond donors (Lipinski definition) is 2. The van der Waals surface area contributed by atoms with Gasteiger partial charge >= 0.3 is 0 Å². The molecule has 0 saturated carbocycles. The van der Waals surface area contributed by atoms with Crippen LogP contribution in [0, 0.1) is 19.8 Å². The van der Waals surface area contributed by atoms with Gasteiger partial charge in [0.15, 0.2) is 5.96 Å². The Labute approximate surface area is 172 Å². The van der Waals surface area contributed by atoms with Crippen LogP contribution in [-0.4, -0.2) is 35.4 Å². The van der Waals surface area contributed by atoms with Gasteiger partial charge < -0.3 is 10.6 Å². The standard InChI is InChI=1S/C18H29N5S.HI/c1-5-19-18(20-9-8-17-7-6-10-24-17)21-12-14(2)13-23-16(4)11-15(3)22-23;/h6-7,10-11,14H,5,8-9,12-13H2,1-4H3,(H2,19,20,21);1H. The van der Waals surface area contributed by atoms with Crippen molar-refractivity contribution in [2.24, 2.45) is 10.9 Å². The molecule has 0 radical (unpaired) electrons. The Morgan fingerprint density at radius 3 is 2.76 bits per heavy atom. The zero-order chi connectivity index (χ0) is 17.4. The summed E-state index contributed by atoms with van der Waals surface area (Å²) in [6.07, 6.45) is 1.03. The minimum atomic E-state index is 0. The third kappa shape index (κ3) is 7.77. The third-order valence-corrected chi connectivity index (χ3v) is 4.67. The lowest BCUT2D eigenvalue weighted by Gasteiger charge is -2.14. The maximum absolute atomic E-state index is 4.72. The Balaban J connectivity index is 0.00000312. The molecule has 2 aromatic rings. The summed E-state index contributed by atoms with van der Waals surface area (Å²) in [4.78, 5) is 6.12. The number of aromatic nitrogens is 2. The second-order valence-electron chi connectivity index (χ2n) is 6.19. The van der Waals surface area contributed by atoms with E-state index in [1.165, 1.54) is 10.6 Å². The van der Waals surface area contributed by atoms with Crippen molar-refractivity contribution in [1.82, 2.24) is 20.4 Å². The van der Waals surface area contributed by atoms with E-state index in [-0.39, 0.29) is 24.0 Å². The van der Waals surface area contributed by atoms with Crippen molar-refractivity contribution in [3.8, 4) is 0 Å². The fraction of sp³-hybridized carbons (Fsp3) is 0.556. The van der Waals surface area contributed by atoms with Crippen LogP contribution in [0.4, 0.5) is 0 Å². The van der Waals surface area contributed by atoms with Gasteiger partial charge in [0, 0.05) is 36.8 Å². The van der Waals surface area contributed by atoms with Gasteiger partial charge in [-0.15, -0.1) is 35.3 Å². The average Bonchev–Trinajstić information content (AvgIpc) is 3.15. The van der Waals surface area contributed by atoms with E-state index >= 15 is 0 Å². The fourth-order valence-electron chi connectivity index (χ4n) is 2.56. The van der Waals surface area contributed by atoms with Crippen LogP contribution in [-0.2, 0) is 13.0 Å². The van der Waals surface area contributed by atoms with Crippen LogP contribution < -0.4 is 10.6 Å². The Bertz CT molecular complexity index is 636. The van der Waals surface area contributed by atoms with Crippen LogP contribution in [0.15, 0.2) is 28.6 Å². The molecule has 2 heterocycles. The summed E-state index contributed by atoms with van der Waals surface area (Å²) >= 11 is 1.80. The first-order valence-electron chi connectivity index (χ1n) is 8.64. The molecular weight excluding hydrogens is 445 g/mol. The lowest BCUT2D eigenvalue weighted by molar-refractivity contribution is 0.449. The first kappa shape index (κ1) is 22.0. The van der Waals surface area contributed by atoms with Crippen molar-refractivity contribution < 1.29 is 0 Å². The topological polar surface area (TPSA) is 54.2 Å². The maximum Gasteiger partial charge on any atom is 0.191 e. The van der Waals surface area contributed by atoms with Gasteiger partial charge in [0.2, 0.25) is 0 Å². The normalized spacial score (nSPS) is 12.6. The van der Waals surface area contributed by atoms with Gasteiger partial charge in [-0.2, -0.15) is 5.10 Å². The number of nitrogens with zero attached hydrogens (tertiary/aromatic N) is 3. The van der Waals surface area contributed by atoms with Crippen LogP contribution in [0.25, 0.3) is 0 Å². The predicted octanol–water partition coefficient (Wildman–Crippen LogP) is 3.61. The van der Waals surface area contributed by atoms with Crippen molar-refractivity contribution in [2.75, 3.05) is 19.6 Å². The number of aryl methyl sites for hydroxylation is 2. The van der Waals surface area contributed by atoms with Crippen molar-refractivity contribution in [1.29, 1.82) is 0 Å². The van der Waals surface area contributed by atoms with Gasteiger partial charge in [-0.25, -0.2) is 0 Å². The third-order valence-electron chi connectivity index (χ3n) is 3.74. The second-order valence-corrected chi connectivity index (χ2v) is 7.22. The molecule has 0 aliphatic rings. The van der Waals surface area contributed by atoms with Gasteiger partial charge in [-0.1, -0.05) is 13.0 Å². The van der Waals surface area contributed by atoms with Crippen LogP contribution >= 0.6 is 35.3 Å². The molecular formula is C18H30IN5S. The van der Waals surface area contributed by atoms with Crippen molar-refractivity contribution >= 4 is 41.3 Å². The summed E-state index contributed by atoms with van der Waals surface area (Å²) in [5.41, 5.74) is 2.29. The van der Waals surface area contributed by atoms with E-state index in [2.05, 4.69) is 64.8 Å². The van der Waals surface area contributed by atoms with Gasteiger partial charge in [-0.05, 0) is 50.6 Å². The second kappa shape index (κ2) is 11.5. The zero-order valence-corrected chi connectivity index (χ0v) is 18.7. The van der Waals surface area contributed by atoms with Crippen LogP contribution in [0.1, 0.15) is 30.1 Å². The van der Waals surface area contributed by atoms with E-state index < -0.39 is 0 Å². The number of aliphatic imine (C=N–C) groups is 1. The Morgan fingerprint density at radius 2 is 2.16 bits per heavy atom. The van der Waals surface area contributed by atoms with E-state index in [0.717, 1.165) is 44.3 Å². The summed E-state index contributed by atoms with van der Waals surface area (Å²) < 4.78 is 2.08. The number of thiophene rings is 1. The molecule has 25 heavy (non-hydrogen) atoms. The quantitative estimate of drug-likeness (QED) is 0.349. The van der Waals surface area contributed by atoms with Gasteiger partial charge in [0.25, 0.3) is 0 Å². The van der Waals surface area contributed by atoms with E-state index in [9.17, 15) is 0 Å². The van der Waals surface area contributed by atoms with Crippen LogP contribution in [0.5, 0.6) is 0 Å². The molecule has 2 rings (SSSR count). The Kier molecular flexibility index (Phi) is 10.1. The fourth-order valence-corrected chi connectivity index (χ4v) is 3.27. The Hall–Kier alpha value is -1.09. The van der Waals surface area contributed by atoms with E-state index in [4.69, 9.17) is 4.99 Å². The number of halogens is 1. The van der Waals surface area contributed by atoms with E-state index in [1.54, 1.807) is 11.3 Å². The number of rotatable bonds is 8. The average molecular weight is 475 g/mol. The molecule has 0 fully saturated rings. The molecule has 7 heteroatoms. The summed E-state index contributed by atoms with van der Waals surface area (Å²) in [6, 6.07) is 6.39. The first-order chi connectivity index (χ1) is 11.6. The zero-order valence-electron chi connectivity index (χ0n) is 15.6. The van der Waals surface area contributed by atoms with E-state index in [0.29, 0.717) is 5.92 Å². The van der Waals surface area contributed by atoms with Gasteiger partial charge in [0.05, 0.1) is 5.69 Å². The maximum atomic E-state index is 4.72. The highest BCUT2D eigenvalue weighted by atomic mass is 127. The first-order valence-corrected chi connectivity index (χ1v) is 9.52. The highest BCUT2D eigenvalue weighted by Gasteiger charge is 2.07. The van der Waals surface area contributed by atoms with Gasteiger partial charge in [-0.3, -0.25) is 9.67 Å². The van der Waals surface area contributed by atoms with E-state index in [1.807, 2.05) is 6.92 Å². The Morgan fingerprint density at radius 1 is 1.36 bits per heavy atom. The number of nitrogens with one attached hydrogen (secondary N) is 2. The molecule has 0 aromatic carbocycles. The summed E-state index contributed by atoms with van der Waals surface area (Å²) in [6.45, 7) is 11.9. The molecule has 1 atom stereocenters. The molecule has 2 N–H and O–H groups in total. The summed E-state index contributed by atoms with van der Waals surface area (Å²) in [5.74, 6) is 1.34. The molecule has 0 amide bonds. The largest absolute Gasteiger partial charge is 0.357 e. The monoisotopic (exact) mass is 475 g/mol. The highest BCUT2D eigenvalue weighted by Crippen LogP contribution is 2.08. The van der Waals surface area contributed by atoms with Crippen LogP contribution in [0.2, 0.25) is 0 Å². The molecule has 140 valence electrons.